The fraction of sp³-hybridized carbons (Fsp3) is 0.381. The fourth-order valence-electron chi connectivity index (χ4n) is 3.36. The second kappa shape index (κ2) is 7.36. The van der Waals surface area contributed by atoms with Crippen molar-refractivity contribution in [2.75, 3.05) is 12.4 Å². The van der Waals surface area contributed by atoms with E-state index in [9.17, 15) is 0 Å². The summed E-state index contributed by atoms with van der Waals surface area (Å²) >= 11 is 0. The van der Waals surface area contributed by atoms with Gasteiger partial charge in [-0.05, 0) is 60.2 Å². The van der Waals surface area contributed by atoms with Crippen LogP contribution in [0.25, 0.3) is 5.69 Å². The Hall–Kier alpha value is -3.13. The fourth-order valence-corrected chi connectivity index (χ4v) is 3.36. The number of nitrogens with zero attached hydrogens (tertiary/aromatic N) is 4. The minimum Gasteiger partial charge on any atom is -0.494 e. The van der Waals surface area contributed by atoms with E-state index >= 15 is 0 Å². The SMILES string of the molecule is COc1ccc(NC(C)c2ccc3c(c2)COC(C)(C)O3)cc1-n1nnnc1C. The molecule has 2 heterocycles. The highest BCUT2D eigenvalue weighted by Gasteiger charge is 2.27. The van der Waals surface area contributed by atoms with E-state index in [4.69, 9.17) is 14.2 Å². The average Bonchev–Trinajstić information content (AvgIpc) is 3.12. The molecule has 0 fully saturated rings. The molecule has 29 heavy (non-hydrogen) atoms. The highest BCUT2D eigenvalue weighted by Crippen LogP contribution is 2.34. The van der Waals surface area contributed by atoms with Crippen LogP contribution in [-0.4, -0.2) is 33.1 Å². The number of anilines is 1. The molecule has 0 bridgehead atoms. The normalized spacial score (nSPS) is 15.9. The van der Waals surface area contributed by atoms with E-state index < -0.39 is 5.79 Å². The van der Waals surface area contributed by atoms with Crippen molar-refractivity contribution in [1.82, 2.24) is 20.2 Å². The standard InChI is InChI=1S/C21H25N5O3/c1-13(15-6-8-19-16(10-15)12-28-21(3,4)29-19)22-17-7-9-20(27-5)18(11-17)26-14(2)23-24-25-26/h6-11,13,22H,12H2,1-5H3. The van der Waals surface area contributed by atoms with E-state index in [1.165, 1.54) is 0 Å². The van der Waals surface area contributed by atoms with Crippen molar-refractivity contribution in [2.24, 2.45) is 0 Å². The maximum Gasteiger partial charge on any atom is 0.205 e. The minimum absolute atomic E-state index is 0.0754. The number of aromatic nitrogens is 4. The summed E-state index contributed by atoms with van der Waals surface area (Å²) < 4.78 is 18.8. The first-order valence-electron chi connectivity index (χ1n) is 9.52. The molecule has 1 unspecified atom stereocenters. The van der Waals surface area contributed by atoms with Gasteiger partial charge in [0.15, 0.2) is 5.82 Å². The van der Waals surface area contributed by atoms with E-state index in [2.05, 4.69) is 39.9 Å². The molecule has 8 nitrogen and oxygen atoms in total. The Morgan fingerprint density at radius 3 is 2.76 bits per heavy atom. The van der Waals surface area contributed by atoms with Crippen molar-refractivity contribution >= 4 is 5.69 Å². The van der Waals surface area contributed by atoms with Gasteiger partial charge in [0.05, 0.1) is 13.7 Å². The molecule has 0 aliphatic carbocycles. The van der Waals surface area contributed by atoms with E-state index in [0.717, 1.165) is 28.3 Å². The van der Waals surface area contributed by atoms with Gasteiger partial charge in [-0.3, -0.25) is 0 Å². The monoisotopic (exact) mass is 395 g/mol. The Morgan fingerprint density at radius 1 is 1.21 bits per heavy atom. The van der Waals surface area contributed by atoms with Gasteiger partial charge >= 0.3 is 0 Å². The van der Waals surface area contributed by atoms with E-state index in [-0.39, 0.29) is 6.04 Å². The molecule has 8 heteroatoms. The third-order valence-electron chi connectivity index (χ3n) is 4.93. The summed E-state index contributed by atoms with van der Waals surface area (Å²) in [5, 5.41) is 15.3. The summed E-state index contributed by atoms with van der Waals surface area (Å²) in [4.78, 5) is 0. The van der Waals surface area contributed by atoms with Crippen LogP contribution in [0, 0.1) is 6.92 Å². The second-order valence-electron chi connectivity index (χ2n) is 7.55. The summed E-state index contributed by atoms with van der Waals surface area (Å²) in [6.07, 6.45) is 0. The first kappa shape index (κ1) is 19.2. The van der Waals surface area contributed by atoms with Gasteiger partial charge in [-0.25, -0.2) is 0 Å². The lowest BCUT2D eigenvalue weighted by molar-refractivity contribution is -0.180. The molecule has 0 amide bonds. The number of hydrogen-bond acceptors (Lipinski definition) is 7. The largest absolute Gasteiger partial charge is 0.494 e. The number of aryl methyl sites for hydroxylation is 1. The molecule has 3 aromatic rings. The molecule has 0 saturated heterocycles. The number of tetrazole rings is 1. The number of benzene rings is 2. The van der Waals surface area contributed by atoms with Crippen LogP contribution >= 0.6 is 0 Å². The number of ether oxygens (including phenoxy) is 3. The predicted octanol–water partition coefficient (Wildman–Crippen LogP) is 3.80. The van der Waals surface area contributed by atoms with E-state index in [0.29, 0.717) is 18.2 Å². The molecule has 0 radical (unpaired) electrons. The summed E-state index contributed by atoms with van der Waals surface area (Å²) in [6, 6.07) is 12.1. The summed E-state index contributed by atoms with van der Waals surface area (Å²) in [7, 11) is 1.63. The van der Waals surface area contributed by atoms with Gasteiger partial charge in [-0.2, -0.15) is 4.68 Å². The lowest BCUT2D eigenvalue weighted by atomic mass is 10.0. The number of nitrogens with one attached hydrogen (secondary N) is 1. The van der Waals surface area contributed by atoms with Crippen molar-refractivity contribution in [3.63, 3.8) is 0 Å². The Bertz CT molecular complexity index is 1030. The number of fused-ring (bicyclic) bond motifs is 1. The first-order chi connectivity index (χ1) is 13.9. The predicted molar refractivity (Wildman–Crippen MR) is 108 cm³/mol. The van der Waals surface area contributed by atoms with Crippen LogP contribution in [0.5, 0.6) is 11.5 Å². The number of hydrogen-bond donors (Lipinski definition) is 1. The Balaban J connectivity index is 1.58. The topological polar surface area (TPSA) is 83.3 Å². The molecule has 152 valence electrons. The number of rotatable bonds is 5. The molecule has 1 aromatic heterocycles. The quantitative estimate of drug-likeness (QED) is 0.703. The van der Waals surface area contributed by atoms with Gasteiger partial charge < -0.3 is 19.5 Å². The maximum atomic E-state index is 5.89. The van der Waals surface area contributed by atoms with Gasteiger partial charge in [0.1, 0.15) is 17.2 Å². The van der Waals surface area contributed by atoms with Gasteiger partial charge in [-0.1, -0.05) is 6.07 Å². The van der Waals surface area contributed by atoms with Crippen LogP contribution < -0.4 is 14.8 Å². The molecular formula is C21H25N5O3. The summed E-state index contributed by atoms with van der Waals surface area (Å²) in [5.74, 6) is 1.67. The molecule has 4 rings (SSSR count). The van der Waals surface area contributed by atoms with E-state index in [1.807, 2.05) is 45.0 Å². The van der Waals surface area contributed by atoms with Crippen molar-refractivity contribution in [1.29, 1.82) is 0 Å². The zero-order valence-electron chi connectivity index (χ0n) is 17.3. The third kappa shape index (κ3) is 3.88. The molecule has 0 spiro atoms. The van der Waals surface area contributed by atoms with Gasteiger partial charge in [0, 0.05) is 31.1 Å². The van der Waals surface area contributed by atoms with Crippen LogP contribution in [0.15, 0.2) is 36.4 Å². The Kier molecular flexibility index (Phi) is 4.87. The lowest BCUT2D eigenvalue weighted by Crippen LogP contribution is -2.35. The molecular weight excluding hydrogens is 370 g/mol. The van der Waals surface area contributed by atoms with Crippen LogP contribution in [-0.2, 0) is 11.3 Å². The van der Waals surface area contributed by atoms with Crippen LogP contribution in [0.2, 0.25) is 0 Å². The lowest BCUT2D eigenvalue weighted by Gasteiger charge is -2.33. The molecule has 1 N–H and O–H groups in total. The van der Waals surface area contributed by atoms with Crippen molar-refractivity contribution < 1.29 is 14.2 Å². The van der Waals surface area contributed by atoms with Gasteiger partial charge in [0.25, 0.3) is 0 Å². The third-order valence-corrected chi connectivity index (χ3v) is 4.93. The molecule has 1 aliphatic heterocycles. The minimum atomic E-state index is -0.591. The average molecular weight is 395 g/mol. The Morgan fingerprint density at radius 2 is 2.03 bits per heavy atom. The van der Waals surface area contributed by atoms with Crippen LogP contribution in [0.3, 0.4) is 0 Å². The summed E-state index contributed by atoms with van der Waals surface area (Å²) in [5.41, 5.74) is 3.91. The molecule has 2 aromatic carbocycles. The van der Waals surface area contributed by atoms with Gasteiger partial charge in [-0.15, -0.1) is 5.10 Å². The van der Waals surface area contributed by atoms with Crippen molar-refractivity contribution in [3.8, 4) is 17.2 Å². The summed E-state index contributed by atoms with van der Waals surface area (Å²) in [6.45, 7) is 8.33. The maximum absolute atomic E-state index is 5.89. The molecule has 1 atom stereocenters. The molecule has 0 saturated carbocycles. The zero-order chi connectivity index (χ0) is 20.6. The highest BCUT2D eigenvalue weighted by molar-refractivity contribution is 5.59. The Labute approximate surface area is 169 Å². The number of methoxy groups -OCH3 is 1. The zero-order valence-corrected chi connectivity index (χ0v) is 17.3. The first-order valence-corrected chi connectivity index (χ1v) is 9.52. The highest BCUT2D eigenvalue weighted by atomic mass is 16.7. The smallest absolute Gasteiger partial charge is 0.205 e. The van der Waals surface area contributed by atoms with Crippen molar-refractivity contribution in [3.05, 3.63) is 53.3 Å². The second-order valence-corrected chi connectivity index (χ2v) is 7.55. The molecule has 1 aliphatic rings. The van der Waals surface area contributed by atoms with E-state index in [1.54, 1.807) is 11.8 Å². The van der Waals surface area contributed by atoms with Crippen molar-refractivity contribution in [2.45, 2.75) is 46.1 Å². The van der Waals surface area contributed by atoms with Crippen LogP contribution in [0.1, 0.15) is 43.8 Å². The van der Waals surface area contributed by atoms with Crippen LogP contribution in [0.4, 0.5) is 5.69 Å². The van der Waals surface area contributed by atoms with Gasteiger partial charge in [0.2, 0.25) is 5.79 Å².